The fourth-order valence-electron chi connectivity index (χ4n) is 1.94. The lowest BCUT2D eigenvalue weighted by Crippen LogP contribution is -2.05. The third-order valence-electron chi connectivity index (χ3n) is 2.85. The third kappa shape index (κ3) is 2.95. The molecule has 0 amide bonds. The van der Waals surface area contributed by atoms with Gasteiger partial charge in [-0.1, -0.05) is 6.08 Å². The standard InChI is InChI=1S/C16H6F2N4/c17-13-3-11(4-14(18)6-13)15-5-10(12(7-19)8-20)1-2-16(15)22-9-21/h1-6H/b22-16-. The number of allylic oxidation sites excluding steroid dienone is 6. The van der Waals surface area contributed by atoms with Crippen molar-refractivity contribution in [3.05, 3.63) is 64.8 Å². The van der Waals surface area contributed by atoms with Crippen molar-refractivity contribution in [2.75, 3.05) is 0 Å². The van der Waals surface area contributed by atoms with Crippen LogP contribution in [0.4, 0.5) is 8.78 Å². The highest BCUT2D eigenvalue weighted by molar-refractivity contribution is 6.31. The van der Waals surface area contributed by atoms with Crippen LogP contribution in [0.2, 0.25) is 0 Å². The van der Waals surface area contributed by atoms with Crippen LogP contribution in [0.25, 0.3) is 5.57 Å². The van der Waals surface area contributed by atoms with Crippen LogP contribution in [0, 0.1) is 45.8 Å². The van der Waals surface area contributed by atoms with E-state index in [9.17, 15) is 8.78 Å². The molecular formula is C16H6F2N4. The minimum atomic E-state index is -0.784. The Morgan fingerprint density at radius 1 is 0.955 bits per heavy atom. The van der Waals surface area contributed by atoms with Crippen LogP contribution in [-0.2, 0) is 0 Å². The van der Waals surface area contributed by atoms with E-state index in [4.69, 9.17) is 15.8 Å². The minimum absolute atomic E-state index is 0.151. The molecule has 0 N–H and O–H groups in total. The van der Waals surface area contributed by atoms with Crippen molar-refractivity contribution in [3.8, 4) is 18.3 Å². The van der Waals surface area contributed by atoms with E-state index in [1.165, 1.54) is 18.2 Å². The molecule has 1 aliphatic carbocycles. The average Bonchev–Trinajstić information content (AvgIpc) is 2.49. The molecule has 0 aromatic heterocycles. The van der Waals surface area contributed by atoms with Crippen molar-refractivity contribution in [1.82, 2.24) is 0 Å². The Morgan fingerprint density at radius 2 is 1.59 bits per heavy atom. The number of nitrogens with zero attached hydrogens (tertiary/aromatic N) is 4. The third-order valence-corrected chi connectivity index (χ3v) is 2.85. The first kappa shape index (κ1) is 14.8. The van der Waals surface area contributed by atoms with E-state index < -0.39 is 11.6 Å². The Labute approximate surface area is 124 Å². The SMILES string of the molecule is N#C/N=C1/C=CC(=C(C#N)C#N)C=C1c1cc(F)cc(F)c1. The predicted octanol–water partition coefficient (Wildman–Crippen LogP) is 3.18. The number of nitriles is 3. The Balaban J connectivity index is 2.70. The highest BCUT2D eigenvalue weighted by atomic mass is 19.1. The Kier molecular flexibility index (Phi) is 4.22. The van der Waals surface area contributed by atoms with Crippen molar-refractivity contribution in [2.24, 2.45) is 4.99 Å². The predicted molar refractivity (Wildman–Crippen MR) is 74.8 cm³/mol. The lowest BCUT2D eigenvalue weighted by Gasteiger charge is -2.12. The maximum atomic E-state index is 13.4. The summed E-state index contributed by atoms with van der Waals surface area (Å²) >= 11 is 0. The minimum Gasteiger partial charge on any atom is -0.207 e. The lowest BCUT2D eigenvalue weighted by atomic mass is 9.92. The first-order chi connectivity index (χ1) is 10.6. The quantitative estimate of drug-likeness (QED) is 0.588. The molecule has 0 heterocycles. The summed E-state index contributed by atoms with van der Waals surface area (Å²) in [5.74, 6) is -1.57. The molecular weight excluding hydrogens is 286 g/mol. The van der Waals surface area contributed by atoms with Crippen molar-refractivity contribution in [2.45, 2.75) is 0 Å². The molecule has 0 saturated heterocycles. The molecule has 0 fully saturated rings. The van der Waals surface area contributed by atoms with Crippen molar-refractivity contribution >= 4 is 11.3 Å². The van der Waals surface area contributed by atoms with E-state index in [1.807, 2.05) is 0 Å². The summed E-state index contributed by atoms with van der Waals surface area (Å²) in [7, 11) is 0. The van der Waals surface area contributed by atoms with Gasteiger partial charge in [-0.3, -0.25) is 0 Å². The molecule has 0 saturated carbocycles. The summed E-state index contributed by atoms with van der Waals surface area (Å²) in [6.07, 6.45) is 5.85. The molecule has 0 radical (unpaired) electrons. The number of aliphatic imine (C=N–C) groups is 1. The van der Waals surface area contributed by atoms with Gasteiger partial charge in [0.05, 0.1) is 5.71 Å². The topological polar surface area (TPSA) is 83.7 Å². The van der Waals surface area contributed by atoms with Gasteiger partial charge in [-0.25, -0.2) is 8.78 Å². The number of halogens is 2. The first-order valence-corrected chi connectivity index (χ1v) is 5.97. The van der Waals surface area contributed by atoms with Gasteiger partial charge in [0.2, 0.25) is 6.19 Å². The van der Waals surface area contributed by atoms with Crippen molar-refractivity contribution in [3.63, 3.8) is 0 Å². The summed E-state index contributed by atoms with van der Waals surface area (Å²) < 4.78 is 26.8. The highest BCUT2D eigenvalue weighted by Gasteiger charge is 2.16. The summed E-state index contributed by atoms with van der Waals surface area (Å²) in [5, 5.41) is 26.5. The summed E-state index contributed by atoms with van der Waals surface area (Å²) in [6, 6.07) is 6.34. The fraction of sp³-hybridized carbons (Fsp3) is 0. The molecule has 1 aromatic carbocycles. The smallest absolute Gasteiger partial charge is 0.206 e. The lowest BCUT2D eigenvalue weighted by molar-refractivity contribution is 0.582. The zero-order chi connectivity index (χ0) is 16.1. The van der Waals surface area contributed by atoms with E-state index in [0.29, 0.717) is 0 Å². The summed E-state index contributed by atoms with van der Waals surface area (Å²) in [5.41, 5.74) is 0.721. The van der Waals surface area contributed by atoms with E-state index in [-0.39, 0.29) is 28.0 Å². The molecule has 22 heavy (non-hydrogen) atoms. The van der Waals surface area contributed by atoms with Crippen LogP contribution < -0.4 is 0 Å². The van der Waals surface area contributed by atoms with E-state index in [2.05, 4.69) is 4.99 Å². The van der Waals surface area contributed by atoms with Gasteiger partial charge in [0.25, 0.3) is 0 Å². The van der Waals surface area contributed by atoms with Gasteiger partial charge >= 0.3 is 0 Å². The van der Waals surface area contributed by atoms with Crippen LogP contribution in [-0.4, -0.2) is 5.71 Å². The Morgan fingerprint density at radius 3 is 2.14 bits per heavy atom. The molecule has 1 aliphatic rings. The second-order valence-electron chi connectivity index (χ2n) is 4.20. The average molecular weight is 292 g/mol. The highest BCUT2D eigenvalue weighted by Crippen LogP contribution is 2.26. The normalized spacial score (nSPS) is 14.8. The van der Waals surface area contributed by atoms with Crippen LogP contribution in [0.3, 0.4) is 0 Å². The zero-order valence-corrected chi connectivity index (χ0v) is 11.0. The molecule has 6 heteroatoms. The summed E-state index contributed by atoms with van der Waals surface area (Å²) in [6.45, 7) is 0. The van der Waals surface area contributed by atoms with Crippen LogP contribution in [0.5, 0.6) is 0 Å². The monoisotopic (exact) mass is 292 g/mol. The van der Waals surface area contributed by atoms with Crippen molar-refractivity contribution < 1.29 is 8.78 Å². The fourth-order valence-corrected chi connectivity index (χ4v) is 1.94. The van der Waals surface area contributed by atoms with Gasteiger partial charge in [0, 0.05) is 17.2 Å². The van der Waals surface area contributed by atoms with E-state index >= 15 is 0 Å². The van der Waals surface area contributed by atoms with Crippen LogP contribution in [0.1, 0.15) is 5.56 Å². The number of benzene rings is 1. The Hall–Kier alpha value is -3.56. The molecule has 0 unspecified atom stereocenters. The molecule has 0 atom stereocenters. The van der Waals surface area contributed by atoms with Gasteiger partial charge in [-0.2, -0.15) is 20.8 Å². The van der Waals surface area contributed by atoms with Crippen LogP contribution >= 0.6 is 0 Å². The Bertz CT molecular complexity index is 848. The maximum absolute atomic E-state index is 13.4. The zero-order valence-electron chi connectivity index (χ0n) is 11.0. The molecule has 2 rings (SSSR count). The van der Waals surface area contributed by atoms with Gasteiger partial charge in [-0.05, 0) is 29.8 Å². The molecule has 0 aliphatic heterocycles. The second-order valence-corrected chi connectivity index (χ2v) is 4.20. The summed E-state index contributed by atoms with van der Waals surface area (Å²) in [4.78, 5) is 3.58. The molecule has 0 bridgehead atoms. The second kappa shape index (κ2) is 6.26. The first-order valence-electron chi connectivity index (χ1n) is 5.97. The molecule has 0 spiro atoms. The van der Waals surface area contributed by atoms with E-state index in [1.54, 1.807) is 18.3 Å². The number of rotatable bonds is 1. The van der Waals surface area contributed by atoms with Gasteiger partial charge < -0.3 is 0 Å². The van der Waals surface area contributed by atoms with Crippen molar-refractivity contribution in [1.29, 1.82) is 15.8 Å². The van der Waals surface area contributed by atoms with Gasteiger partial charge in [0.15, 0.2) is 0 Å². The maximum Gasteiger partial charge on any atom is 0.206 e. The van der Waals surface area contributed by atoms with Gasteiger partial charge in [0.1, 0.15) is 29.3 Å². The molecule has 1 aromatic rings. The molecule has 4 nitrogen and oxygen atoms in total. The number of hydrogen-bond donors (Lipinski definition) is 0. The van der Waals surface area contributed by atoms with Crippen LogP contribution in [0.15, 0.2) is 52.6 Å². The number of hydrogen-bond acceptors (Lipinski definition) is 4. The van der Waals surface area contributed by atoms with E-state index in [0.717, 1.165) is 18.2 Å². The molecule has 104 valence electrons. The largest absolute Gasteiger partial charge is 0.207 e. The van der Waals surface area contributed by atoms with Gasteiger partial charge in [-0.15, -0.1) is 0 Å².